The van der Waals surface area contributed by atoms with Crippen molar-refractivity contribution in [3.05, 3.63) is 59.7 Å². The maximum atomic E-state index is 12.5. The normalized spacial score (nSPS) is 21.8. The van der Waals surface area contributed by atoms with Crippen LogP contribution in [0.4, 0.5) is 4.79 Å². The minimum Gasteiger partial charge on any atom is -0.481 e. The zero-order valence-electron chi connectivity index (χ0n) is 18.4. The van der Waals surface area contributed by atoms with Crippen LogP contribution < -0.4 is 10.6 Å². The van der Waals surface area contributed by atoms with E-state index in [-0.39, 0.29) is 36.7 Å². The molecule has 0 unspecified atom stereocenters. The Morgan fingerprint density at radius 1 is 1.00 bits per heavy atom. The van der Waals surface area contributed by atoms with Crippen LogP contribution in [0.3, 0.4) is 0 Å². The topological polar surface area (TPSA) is 105 Å². The van der Waals surface area contributed by atoms with E-state index < -0.39 is 17.6 Å². The van der Waals surface area contributed by atoms with Gasteiger partial charge in [0.2, 0.25) is 5.91 Å². The van der Waals surface area contributed by atoms with Crippen molar-refractivity contribution < 1.29 is 24.2 Å². The van der Waals surface area contributed by atoms with Crippen LogP contribution in [0.2, 0.25) is 0 Å². The molecule has 3 N–H and O–H groups in total. The molecule has 2 aromatic rings. The molecule has 2 aromatic carbocycles. The SMILES string of the molecule is O=C(O)CC1(NC(=O)[C@H]2C[C@H]2CNC(=O)OCC2c3ccccc3-c3ccccc32)CCC1. The second-order valence-electron chi connectivity index (χ2n) is 9.50. The molecule has 0 radical (unpaired) electrons. The lowest BCUT2D eigenvalue weighted by Gasteiger charge is -2.41. The number of fused-ring (bicyclic) bond motifs is 3. The van der Waals surface area contributed by atoms with Gasteiger partial charge >= 0.3 is 12.1 Å². The Hall–Kier alpha value is -3.35. The number of carboxylic acid groups (broad SMARTS) is 1. The first-order valence-corrected chi connectivity index (χ1v) is 11.6. The summed E-state index contributed by atoms with van der Waals surface area (Å²) < 4.78 is 5.55. The summed E-state index contributed by atoms with van der Waals surface area (Å²) in [6.07, 6.45) is 2.53. The number of alkyl carbamates (subject to hydrolysis) is 1. The zero-order valence-corrected chi connectivity index (χ0v) is 18.4. The maximum absolute atomic E-state index is 12.5. The van der Waals surface area contributed by atoms with Crippen LogP contribution in [0.1, 0.15) is 49.1 Å². The molecule has 33 heavy (non-hydrogen) atoms. The molecule has 0 spiro atoms. The van der Waals surface area contributed by atoms with Gasteiger partial charge in [-0.15, -0.1) is 0 Å². The Kier molecular flexibility index (Phi) is 5.56. The third-order valence-corrected chi connectivity index (χ3v) is 7.30. The molecule has 0 aromatic heterocycles. The van der Waals surface area contributed by atoms with E-state index in [0.29, 0.717) is 25.8 Å². The molecular weight excluding hydrogens is 420 g/mol. The predicted octanol–water partition coefficient (Wildman–Crippen LogP) is 3.67. The highest BCUT2D eigenvalue weighted by Crippen LogP contribution is 2.44. The van der Waals surface area contributed by atoms with E-state index in [9.17, 15) is 14.4 Å². The van der Waals surface area contributed by atoms with Gasteiger partial charge in [-0.3, -0.25) is 9.59 Å². The van der Waals surface area contributed by atoms with E-state index in [1.807, 2.05) is 24.3 Å². The number of hydrogen-bond donors (Lipinski definition) is 3. The average Bonchev–Trinajstić information content (AvgIpc) is 3.50. The fourth-order valence-electron chi connectivity index (χ4n) is 5.25. The van der Waals surface area contributed by atoms with Crippen molar-refractivity contribution in [2.24, 2.45) is 11.8 Å². The Labute approximate surface area is 192 Å². The molecule has 2 saturated carbocycles. The molecule has 172 valence electrons. The molecule has 2 amide bonds. The highest BCUT2D eigenvalue weighted by Gasteiger charge is 2.47. The summed E-state index contributed by atoms with van der Waals surface area (Å²) in [5.41, 5.74) is 4.10. The molecule has 3 aliphatic rings. The highest BCUT2D eigenvalue weighted by atomic mass is 16.5. The number of carboxylic acids is 1. The number of aliphatic carboxylic acids is 1. The van der Waals surface area contributed by atoms with Gasteiger partial charge in [0.25, 0.3) is 0 Å². The zero-order chi connectivity index (χ0) is 23.0. The Morgan fingerprint density at radius 2 is 1.64 bits per heavy atom. The number of ether oxygens (including phenoxy) is 1. The van der Waals surface area contributed by atoms with Gasteiger partial charge in [0.05, 0.1) is 12.0 Å². The van der Waals surface area contributed by atoms with Crippen LogP contribution in [0, 0.1) is 11.8 Å². The Balaban J connectivity index is 1.10. The van der Waals surface area contributed by atoms with Crippen molar-refractivity contribution in [1.82, 2.24) is 10.6 Å². The summed E-state index contributed by atoms with van der Waals surface area (Å²) >= 11 is 0. The van der Waals surface area contributed by atoms with Crippen LogP contribution >= 0.6 is 0 Å². The van der Waals surface area contributed by atoms with Gasteiger partial charge in [-0.25, -0.2) is 4.79 Å². The van der Waals surface area contributed by atoms with Crippen LogP contribution in [0.5, 0.6) is 0 Å². The second kappa shape index (κ2) is 8.54. The van der Waals surface area contributed by atoms with E-state index in [2.05, 4.69) is 34.9 Å². The minimum atomic E-state index is -0.890. The quantitative estimate of drug-likeness (QED) is 0.572. The van der Waals surface area contributed by atoms with Crippen molar-refractivity contribution in [2.45, 2.75) is 43.6 Å². The smallest absolute Gasteiger partial charge is 0.407 e. The lowest BCUT2D eigenvalue weighted by molar-refractivity contribution is -0.140. The van der Waals surface area contributed by atoms with Gasteiger partial charge < -0.3 is 20.5 Å². The molecule has 5 rings (SSSR count). The van der Waals surface area contributed by atoms with E-state index >= 15 is 0 Å². The van der Waals surface area contributed by atoms with Crippen molar-refractivity contribution >= 4 is 18.0 Å². The molecule has 7 nitrogen and oxygen atoms in total. The molecule has 7 heteroatoms. The highest BCUT2D eigenvalue weighted by molar-refractivity contribution is 5.83. The lowest BCUT2D eigenvalue weighted by atomic mass is 9.74. The standard InChI is InChI=1S/C26H28N2O5/c29-23(30)13-26(10-5-11-26)28-24(31)21-12-16(21)14-27-25(32)33-15-22-19-8-3-1-6-17(19)18-7-2-4-9-20(18)22/h1-4,6-9,16,21-22H,5,10-15H2,(H,27,32)(H,28,31)(H,29,30)/t16-,21-/m0/s1. The number of benzene rings is 2. The first-order chi connectivity index (χ1) is 16.0. The summed E-state index contributed by atoms with van der Waals surface area (Å²) in [6.45, 7) is 0.632. The van der Waals surface area contributed by atoms with E-state index in [1.165, 1.54) is 11.1 Å². The molecule has 2 fully saturated rings. The largest absolute Gasteiger partial charge is 0.481 e. The number of amides is 2. The van der Waals surface area contributed by atoms with Gasteiger partial charge in [-0.1, -0.05) is 48.5 Å². The van der Waals surface area contributed by atoms with Crippen molar-refractivity contribution in [3.8, 4) is 11.1 Å². The maximum Gasteiger partial charge on any atom is 0.407 e. The Bertz CT molecular complexity index is 1050. The number of rotatable bonds is 8. The number of carbonyl (C=O) groups is 3. The number of hydrogen-bond acceptors (Lipinski definition) is 4. The fraction of sp³-hybridized carbons (Fsp3) is 0.423. The summed E-state index contributed by atoms with van der Waals surface area (Å²) in [4.78, 5) is 36.0. The molecule has 2 atom stereocenters. The van der Waals surface area contributed by atoms with E-state index in [4.69, 9.17) is 9.84 Å². The predicted molar refractivity (Wildman–Crippen MR) is 122 cm³/mol. The lowest BCUT2D eigenvalue weighted by Crippen LogP contribution is -2.55. The molecule has 0 heterocycles. The van der Waals surface area contributed by atoms with Gasteiger partial charge in [0.15, 0.2) is 0 Å². The molecule has 3 aliphatic carbocycles. The second-order valence-corrected chi connectivity index (χ2v) is 9.50. The first kappa shape index (κ1) is 21.5. The monoisotopic (exact) mass is 448 g/mol. The third kappa shape index (κ3) is 4.32. The van der Waals surface area contributed by atoms with Crippen LogP contribution in [-0.2, 0) is 14.3 Å². The summed E-state index contributed by atoms with van der Waals surface area (Å²) in [6, 6.07) is 16.4. The van der Waals surface area contributed by atoms with Gasteiger partial charge in [-0.2, -0.15) is 0 Å². The fourth-order valence-corrected chi connectivity index (χ4v) is 5.25. The van der Waals surface area contributed by atoms with Gasteiger partial charge in [0, 0.05) is 18.4 Å². The number of nitrogens with one attached hydrogen (secondary N) is 2. The van der Waals surface area contributed by atoms with Crippen molar-refractivity contribution in [2.75, 3.05) is 13.2 Å². The van der Waals surface area contributed by atoms with E-state index in [0.717, 1.165) is 17.5 Å². The van der Waals surface area contributed by atoms with Gasteiger partial charge in [0.1, 0.15) is 6.61 Å². The van der Waals surface area contributed by atoms with E-state index in [1.54, 1.807) is 0 Å². The Morgan fingerprint density at radius 3 is 2.21 bits per heavy atom. The molecule has 0 aliphatic heterocycles. The average molecular weight is 449 g/mol. The summed E-state index contributed by atoms with van der Waals surface area (Å²) in [5.74, 6) is -1.09. The van der Waals surface area contributed by atoms with Crippen molar-refractivity contribution in [1.29, 1.82) is 0 Å². The molecule has 0 bridgehead atoms. The van der Waals surface area contributed by atoms with Crippen LogP contribution in [-0.4, -0.2) is 41.8 Å². The number of carbonyl (C=O) groups excluding carboxylic acids is 2. The molecule has 0 saturated heterocycles. The van der Waals surface area contributed by atoms with Crippen molar-refractivity contribution in [3.63, 3.8) is 0 Å². The first-order valence-electron chi connectivity index (χ1n) is 11.6. The summed E-state index contributed by atoms with van der Waals surface area (Å²) in [7, 11) is 0. The minimum absolute atomic E-state index is 0.00972. The van der Waals surface area contributed by atoms with Crippen LogP contribution in [0.25, 0.3) is 11.1 Å². The third-order valence-electron chi connectivity index (χ3n) is 7.30. The molecular formula is C26H28N2O5. The summed E-state index contributed by atoms with van der Waals surface area (Å²) in [5, 5.41) is 14.9. The van der Waals surface area contributed by atoms with Gasteiger partial charge in [-0.05, 0) is 53.9 Å². The van der Waals surface area contributed by atoms with Crippen LogP contribution in [0.15, 0.2) is 48.5 Å².